The summed E-state index contributed by atoms with van der Waals surface area (Å²) in [6.07, 6.45) is 2.30. The van der Waals surface area contributed by atoms with Gasteiger partial charge in [-0.1, -0.05) is 43.3 Å². The molecule has 0 N–H and O–H groups in total. The zero-order valence-electron chi connectivity index (χ0n) is 18.8. The third-order valence-electron chi connectivity index (χ3n) is 6.05. The molecular weight excluding hydrogens is 400 g/mol. The zero-order chi connectivity index (χ0) is 22.3. The van der Waals surface area contributed by atoms with Crippen molar-refractivity contribution in [1.82, 2.24) is 15.1 Å². The van der Waals surface area contributed by atoms with Gasteiger partial charge in [0.05, 0.1) is 12.8 Å². The fourth-order valence-corrected chi connectivity index (χ4v) is 3.95. The summed E-state index contributed by atoms with van der Waals surface area (Å²) in [5.74, 6) is 1.91. The molecule has 0 aliphatic carbocycles. The molecule has 0 radical (unpaired) electrons. The van der Waals surface area contributed by atoms with Crippen LogP contribution in [0.3, 0.4) is 0 Å². The van der Waals surface area contributed by atoms with Crippen LogP contribution in [-0.4, -0.2) is 54.3 Å². The third kappa shape index (κ3) is 5.25. The minimum atomic E-state index is 0.206. The number of aromatic nitrogens is 2. The summed E-state index contributed by atoms with van der Waals surface area (Å²) in [6.45, 7) is 5.12. The lowest BCUT2D eigenvalue weighted by atomic mass is 10.1. The summed E-state index contributed by atoms with van der Waals surface area (Å²) in [5, 5.41) is 8.87. The molecule has 2 aromatic carbocycles. The highest BCUT2D eigenvalue weighted by Gasteiger charge is 2.22. The van der Waals surface area contributed by atoms with Gasteiger partial charge in [-0.3, -0.25) is 4.79 Å². The molecule has 1 fully saturated rings. The van der Waals surface area contributed by atoms with Gasteiger partial charge in [0.2, 0.25) is 5.91 Å². The number of carbonyl (C=O) groups excluding carboxylic acids is 1. The lowest BCUT2D eigenvalue weighted by Gasteiger charge is -2.35. The average molecular weight is 431 g/mol. The standard InChI is InChI=1S/C26H30N4O2/c1-3-20-4-9-22(10-5-20)24-13-14-25(28-27-24)29-16-18-30(19-17-29)26(31)15-8-21-6-11-23(32-2)12-7-21/h4-7,9-14H,3,8,15-19H2,1-2H3. The van der Waals surface area contributed by atoms with Crippen molar-refractivity contribution in [3.63, 3.8) is 0 Å². The Hall–Kier alpha value is -3.41. The van der Waals surface area contributed by atoms with E-state index in [1.54, 1.807) is 7.11 Å². The molecule has 1 aliphatic rings. The van der Waals surface area contributed by atoms with Gasteiger partial charge in [0.25, 0.3) is 0 Å². The lowest BCUT2D eigenvalue weighted by molar-refractivity contribution is -0.131. The Balaban J connectivity index is 1.27. The van der Waals surface area contributed by atoms with Crippen LogP contribution in [0.15, 0.2) is 60.7 Å². The van der Waals surface area contributed by atoms with Crippen molar-refractivity contribution < 1.29 is 9.53 Å². The van der Waals surface area contributed by atoms with Crippen molar-refractivity contribution in [3.8, 4) is 17.0 Å². The van der Waals surface area contributed by atoms with E-state index in [-0.39, 0.29) is 5.91 Å². The van der Waals surface area contributed by atoms with Crippen molar-refractivity contribution in [2.24, 2.45) is 0 Å². The number of carbonyl (C=O) groups is 1. The van der Waals surface area contributed by atoms with Crippen LogP contribution in [0, 0.1) is 0 Å². The average Bonchev–Trinajstić information content (AvgIpc) is 2.88. The van der Waals surface area contributed by atoms with E-state index in [1.807, 2.05) is 41.3 Å². The van der Waals surface area contributed by atoms with E-state index in [0.29, 0.717) is 19.5 Å². The first-order valence-electron chi connectivity index (χ1n) is 11.2. The monoisotopic (exact) mass is 430 g/mol. The number of rotatable bonds is 7. The molecule has 1 amide bonds. The van der Waals surface area contributed by atoms with Crippen LogP contribution in [0.2, 0.25) is 0 Å². The maximum Gasteiger partial charge on any atom is 0.223 e. The van der Waals surface area contributed by atoms with E-state index in [4.69, 9.17) is 4.74 Å². The molecule has 0 bridgehead atoms. The van der Waals surface area contributed by atoms with Crippen molar-refractivity contribution in [2.75, 3.05) is 38.2 Å². The summed E-state index contributed by atoms with van der Waals surface area (Å²) in [5.41, 5.74) is 4.42. The number of piperazine rings is 1. The maximum absolute atomic E-state index is 12.6. The second-order valence-corrected chi connectivity index (χ2v) is 8.04. The lowest BCUT2D eigenvalue weighted by Crippen LogP contribution is -2.49. The number of hydrogen-bond acceptors (Lipinski definition) is 5. The SMILES string of the molecule is CCc1ccc(-c2ccc(N3CCN(C(=O)CCc4ccc(OC)cc4)CC3)nn2)cc1. The second kappa shape index (κ2) is 10.3. The summed E-state index contributed by atoms with van der Waals surface area (Å²) in [7, 11) is 1.66. The molecule has 166 valence electrons. The molecule has 0 unspecified atom stereocenters. The van der Waals surface area contributed by atoms with Crippen molar-refractivity contribution in [1.29, 1.82) is 0 Å². The highest BCUT2D eigenvalue weighted by atomic mass is 16.5. The molecule has 3 aromatic rings. The second-order valence-electron chi connectivity index (χ2n) is 8.04. The molecule has 0 atom stereocenters. The van der Waals surface area contributed by atoms with Gasteiger partial charge in [0.15, 0.2) is 5.82 Å². The first kappa shape index (κ1) is 21.8. The van der Waals surface area contributed by atoms with Crippen LogP contribution in [0.4, 0.5) is 5.82 Å². The van der Waals surface area contributed by atoms with Gasteiger partial charge in [-0.05, 0) is 48.2 Å². The number of methoxy groups -OCH3 is 1. The van der Waals surface area contributed by atoms with E-state index >= 15 is 0 Å². The molecule has 4 rings (SSSR count). The molecular formula is C26H30N4O2. The Bertz CT molecular complexity index is 1010. The van der Waals surface area contributed by atoms with Crippen molar-refractivity contribution in [3.05, 3.63) is 71.8 Å². The summed E-state index contributed by atoms with van der Waals surface area (Å²) in [6, 6.07) is 20.4. The number of nitrogens with zero attached hydrogens (tertiary/aromatic N) is 4. The maximum atomic E-state index is 12.6. The third-order valence-corrected chi connectivity index (χ3v) is 6.05. The van der Waals surface area contributed by atoms with E-state index in [2.05, 4.69) is 46.3 Å². The molecule has 1 aliphatic heterocycles. The van der Waals surface area contributed by atoms with Crippen LogP contribution in [0.1, 0.15) is 24.5 Å². The zero-order valence-corrected chi connectivity index (χ0v) is 18.8. The summed E-state index contributed by atoms with van der Waals surface area (Å²) >= 11 is 0. The fourth-order valence-electron chi connectivity index (χ4n) is 3.95. The number of amides is 1. The predicted molar refractivity (Wildman–Crippen MR) is 127 cm³/mol. The van der Waals surface area contributed by atoms with Gasteiger partial charge in [0.1, 0.15) is 5.75 Å². The van der Waals surface area contributed by atoms with Crippen LogP contribution in [0.5, 0.6) is 5.75 Å². The van der Waals surface area contributed by atoms with Crippen LogP contribution < -0.4 is 9.64 Å². The van der Waals surface area contributed by atoms with Gasteiger partial charge in [-0.25, -0.2) is 0 Å². The summed E-state index contributed by atoms with van der Waals surface area (Å²) in [4.78, 5) is 16.8. The number of ether oxygens (including phenoxy) is 1. The molecule has 1 aromatic heterocycles. The van der Waals surface area contributed by atoms with E-state index in [9.17, 15) is 4.79 Å². The van der Waals surface area contributed by atoms with E-state index < -0.39 is 0 Å². The molecule has 1 saturated heterocycles. The highest BCUT2D eigenvalue weighted by Crippen LogP contribution is 2.20. The van der Waals surface area contributed by atoms with Gasteiger partial charge < -0.3 is 14.5 Å². The smallest absolute Gasteiger partial charge is 0.223 e. The van der Waals surface area contributed by atoms with Gasteiger partial charge in [0, 0.05) is 38.2 Å². The minimum Gasteiger partial charge on any atom is -0.497 e. The predicted octanol–water partition coefficient (Wildman–Crippen LogP) is 4.00. The van der Waals surface area contributed by atoms with Gasteiger partial charge >= 0.3 is 0 Å². The topological polar surface area (TPSA) is 58.6 Å². The molecule has 6 heteroatoms. The Labute approximate surface area is 189 Å². The van der Waals surface area contributed by atoms with Gasteiger partial charge in [-0.2, -0.15) is 0 Å². The normalized spacial score (nSPS) is 13.8. The molecule has 32 heavy (non-hydrogen) atoms. The quantitative estimate of drug-likeness (QED) is 0.567. The van der Waals surface area contributed by atoms with Gasteiger partial charge in [-0.15, -0.1) is 10.2 Å². The van der Waals surface area contributed by atoms with Crippen molar-refractivity contribution >= 4 is 11.7 Å². The summed E-state index contributed by atoms with van der Waals surface area (Å²) < 4.78 is 5.18. The first-order valence-corrected chi connectivity index (χ1v) is 11.2. The molecule has 2 heterocycles. The van der Waals surface area contributed by atoms with E-state index in [1.165, 1.54) is 5.56 Å². The highest BCUT2D eigenvalue weighted by molar-refractivity contribution is 5.76. The Morgan fingerprint density at radius 3 is 2.16 bits per heavy atom. The van der Waals surface area contributed by atoms with Crippen LogP contribution in [-0.2, 0) is 17.6 Å². The first-order chi connectivity index (χ1) is 15.7. The Kier molecular flexibility index (Phi) is 7.00. The minimum absolute atomic E-state index is 0.206. The van der Waals surface area contributed by atoms with Crippen LogP contribution in [0.25, 0.3) is 11.3 Å². The molecule has 6 nitrogen and oxygen atoms in total. The fraction of sp³-hybridized carbons (Fsp3) is 0.346. The van der Waals surface area contributed by atoms with Crippen LogP contribution >= 0.6 is 0 Å². The number of aryl methyl sites for hydroxylation is 2. The number of hydrogen-bond donors (Lipinski definition) is 0. The largest absolute Gasteiger partial charge is 0.497 e. The van der Waals surface area contributed by atoms with E-state index in [0.717, 1.165) is 54.3 Å². The number of anilines is 1. The van der Waals surface area contributed by atoms with Crippen molar-refractivity contribution in [2.45, 2.75) is 26.2 Å². The Morgan fingerprint density at radius 2 is 1.56 bits per heavy atom. The Morgan fingerprint density at radius 1 is 0.875 bits per heavy atom. The molecule has 0 saturated carbocycles. The number of benzene rings is 2. The molecule has 0 spiro atoms.